The van der Waals surface area contributed by atoms with E-state index in [-0.39, 0.29) is 6.61 Å². The van der Waals surface area contributed by atoms with Crippen LogP contribution in [0.2, 0.25) is 0 Å². The van der Waals surface area contributed by atoms with E-state index in [0.29, 0.717) is 5.75 Å². The van der Waals surface area contributed by atoms with Crippen molar-refractivity contribution >= 4 is 0 Å². The minimum atomic E-state index is -0.427. The van der Waals surface area contributed by atoms with Crippen molar-refractivity contribution in [2.24, 2.45) is 5.73 Å². The average Bonchev–Trinajstić information content (AvgIpc) is 2.16. The lowest BCUT2D eigenvalue weighted by Crippen LogP contribution is -2.17. The van der Waals surface area contributed by atoms with E-state index in [9.17, 15) is 0 Å². The Hall–Kier alpha value is -1.13. The number of aliphatic hydroxyl groups excluding tert-OH is 1. The Morgan fingerprint density at radius 3 is 2.92 bits per heavy atom. The topological polar surface area (TPSA) is 68.4 Å². The maximum atomic E-state index is 8.92. The molecule has 0 aliphatic rings. The monoisotopic (exact) mass is 182 g/mol. The number of aromatic nitrogens is 1. The Labute approximate surface area is 77.4 Å². The summed E-state index contributed by atoms with van der Waals surface area (Å²) in [5.74, 6) is 0.675. The minimum Gasteiger partial charge on any atom is -0.496 e. The molecular weight excluding hydrogens is 168 g/mol. The highest BCUT2D eigenvalue weighted by Crippen LogP contribution is 2.24. The van der Waals surface area contributed by atoms with Gasteiger partial charge in [0.2, 0.25) is 0 Å². The van der Waals surface area contributed by atoms with E-state index < -0.39 is 6.04 Å². The van der Waals surface area contributed by atoms with Crippen LogP contribution >= 0.6 is 0 Å². The van der Waals surface area contributed by atoms with Crippen molar-refractivity contribution in [3.05, 3.63) is 23.5 Å². The lowest BCUT2D eigenvalue weighted by Gasteiger charge is -2.14. The van der Waals surface area contributed by atoms with Crippen molar-refractivity contribution in [1.29, 1.82) is 0 Å². The van der Waals surface area contributed by atoms with Crippen LogP contribution in [-0.2, 0) is 0 Å². The summed E-state index contributed by atoms with van der Waals surface area (Å²) in [5, 5.41) is 8.92. The van der Waals surface area contributed by atoms with Gasteiger partial charge in [-0.05, 0) is 13.0 Å². The van der Waals surface area contributed by atoms with Gasteiger partial charge in [-0.3, -0.25) is 4.98 Å². The number of nitrogens with two attached hydrogens (primary N) is 1. The van der Waals surface area contributed by atoms with Crippen LogP contribution in [0.1, 0.15) is 17.3 Å². The van der Waals surface area contributed by atoms with Gasteiger partial charge >= 0.3 is 0 Å². The van der Waals surface area contributed by atoms with Gasteiger partial charge < -0.3 is 15.6 Å². The SMILES string of the molecule is COc1ccnc(C)c1C(N)CO. The van der Waals surface area contributed by atoms with Gasteiger partial charge in [0.25, 0.3) is 0 Å². The van der Waals surface area contributed by atoms with Gasteiger partial charge in [-0.2, -0.15) is 0 Å². The predicted molar refractivity (Wildman–Crippen MR) is 49.5 cm³/mol. The molecule has 1 rings (SSSR count). The molecule has 0 bridgehead atoms. The highest BCUT2D eigenvalue weighted by atomic mass is 16.5. The molecule has 4 heteroatoms. The number of methoxy groups -OCH3 is 1. The summed E-state index contributed by atoms with van der Waals surface area (Å²) < 4.78 is 5.12. The maximum absolute atomic E-state index is 8.92. The van der Waals surface area contributed by atoms with E-state index in [4.69, 9.17) is 15.6 Å². The van der Waals surface area contributed by atoms with Crippen LogP contribution in [0.5, 0.6) is 5.75 Å². The molecule has 4 nitrogen and oxygen atoms in total. The summed E-state index contributed by atoms with van der Waals surface area (Å²) in [6, 6.07) is 1.31. The van der Waals surface area contributed by atoms with Crippen LogP contribution in [0.15, 0.2) is 12.3 Å². The summed E-state index contributed by atoms with van der Waals surface area (Å²) in [6.45, 7) is 1.73. The summed E-state index contributed by atoms with van der Waals surface area (Å²) >= 11 is 0. The fraction of sp³-hybridized carbons (Fsp3) is 0.444. The number of rotatable bonds is 3. The molecule has 72 valence electrons. The predicted octanol–water partition coefficient (Wildman–Crippen LogP) is 0.391. The van der Waals surface area contributed by atoms with E-state index in [2.05, 4.69) is 4.98 Å². The first-order valence-electron chi connectivity index (χ1n) is 4.06. The highest BCUT2D eigenvalue weighted by Gasteiger charge is 2.13. The molecule has 0 spiro atoms. The third-order valence-corrected chi connectivity index (χ3v) is 1.94. The largest absolute Gasteiger partial charge is 0.496 e. The molecule has 0 aliphatic heterocycles. The Balaban J connectivity index is 3.14. The summed E-state index contributed by atoms with van der Waals surface area (Å²) in [4.78, 5) is 4.09. The molecule has 1 unspecified atom stereocenters. The van der Waals surface area contributed by atoms with Gasteiger partial charge in [0, 0.05) is 17.5 Å². The maximum Gasteiger partial charge on any atom is 0.127 e. The fourth-order valence-corrected chi connectivity index (χ4v) is 1.27. The molecule has 0 aromatic carbocycles. The quantitative estimate of drug-likeness (QED) is 0.709. The van der Waals surface area contributed by atoms with Crippen molar-refractivity contribution in [3.63, 3.8) is 0 Å². The van der Waals surface area contributed by atoms with Crippen molar-refractivity contribution in [3.8, 4) is 5.75 Å². The first-order chi connectivity index (χ1) is 6.20. The molecule has 0 saturated carbocycles. The zero-order chi connectivity index (χ0) is 9.84. The van der Waals surface area contributed by atoms with Gasteiger partial charge in [-0.1, -0.05) is 0 Å². The third-order valence-electron chi connectivity index (χ3n) is 1.94. The lowest BCUT2D eigenvalue weighted by atomic mass is 10.1. The van der Waals surface area contributed by atoms with Crippen molar-refractivity contribution in [2.75, 3.05) is 13.7 Å². The van der Waals surface area contributed by atoms with Crippen LogP contribution in [0.4, 0.5) is 0 Å². The van der Waals surface area contributed by atoms with E-state index in [0.717, 1.165) is 11.3 Å². The second kappa shape index (κ2) is 4.20. The van der Waals surface area contributed by atoms with Gasteiger partial charge in [-0.25, -0.2) is 0 Å². The number of pyridine rings is 1. The molecule has 1 aromatic heterocycles. The van der Waals surface area contributed by atoms with Crippen molar-refractivity contribution in [2.45, 2.75) is 13.0 Å². The number of hydrogen-bond acceptors (Lipinski definition) is 4. The molecular formula is C9H14N2O2. The molecule has 0 saturated heterocycles. The zero-order valence-electron chi connectivity index (χ0n) is 7.82. The molecule has 0 amide bonds. The number of aliphatic hydroxyl groups is 1. The van der Waals surface area contributed by atoms with Crippen molar-refractivity contribution < 1.29 is 9.84 Å². The van der Waals surface area contributed by atoms with Crippen LogP contribution in [-0.4, -0.2) is 23.8 Å². The fourth-order valence-electron chi connectivity index (χ4n) is 1.27. The van der Waals surface area contributed by atoms with E-state index >= 15 is 0 Å². The second-order valence-corrected chi connectivity index (χ2v) is 2.80. The smallest absolute Gasteiger partial charge is 0.127 e. The van der Waals surface area contributed by atoms with Crippen LogP contribution in [0.3, 0.4) is 0 Å². The summed E-state index contributed by atoms with van der Waals surface area (Å²) in [7, 11) is 1.57. The Kier molecular flexibility index (Phi) is 3.22. The molecule has 3 N–H and O–H groups in total. The second-order valence-electron chi connectivity index (χ2n) is 2.80. The Morgan fingerprint density at radius 2 is 2.38 bits per heavy atom. The summed E-state index contributed by atoms with van der Waals surface area (Å²) in [5.41, 5.74) is 7.26. The van der Waals surface area contributed by atoms with E-state index in [1.165, 1.54) is 0 Å². The number of hydrogen-bond donors (Lipinski definition) is 2. The Bertz CT molecular complexity index is 289. The Morgan fingerprint density at radius 1 is 1.69 bits per heavy atom. The zero-order valence-corrected chi connectivity index (χ0v) is 7.82. The third kappa shape index (κ3) is 1.96. The lowest BCUT2D eigenvalue weighted by molar-refractivity contribution is 0.264. The molecule has 1 atom stereocenters. The number of ether oxygens (including phenoxy) is 1. The first-order valence-corrected chi connectivity index (χ1v) is 4.06. The van der Waals surface area contributed by atoms with Gasteiger partial charge in [0.05, 0.1) is 19.8 Å². The molecule has 1 aromatic rings. The normalized spacial score (nSPS) is 12.6. The van der Waals surface area contributed by atoms with Gasteiger partial charge in [0.15, 0.2) is 0 Å². The van der Waals surface area contributed by atoms with E-state index in [1.807, 2.05) is 6.92 Å². The minimum absolute atomic E-state index is 0.108. The van der Waals surface area contributed by atoms with Gasteiger partial charge in [-0.15, -0.1) is 0 Å². The number of aryl methyl sites for hydroxylation is 1. The average molecular weight is 182 g/mol. The molecule has 0 radical (unpaired) electrons. The van der Waals surface area contributed by atoms with Crippen LogP contribution in [0.25, 0.3) is 0 Å². The summed E-state index contributed by atoms with van der Waals surface area (Å²) in [6.07, 6.45) is 1.65. The highest BCUT2D eigenvalue weighted by molar-refractivity contribution is 5.37. The molecule has 1 heterocycles. The molecule has 13 heavy (non-hydrogen) atoms. The molecule has 0 aliphatic carbocycles. The first kappa shape index (κ1) is 9.95. The van der Waals surface area contributed by atoms with Crippen LogP contribution < -0.4 is 10.5 Å². The number of nitrogens with zero attached hydrogens (tertiary/aromatic N) is 1. The molecule has 0 fully saturated rings. The standard InChI is InChI=1S/C9H14N2O2/c1-6-9(7(10)5-12)8(13-2)3-4-11-6/h3-4,7,12H,5,10H2,1-2H3. The van der Waals surface area contributed by atoms with Gasteiger partial charge in [0.1, 0.15) is 5.75 Å². The van der Waals surface area contributed by atoms with Crippen LogP contribution in [0, 0.1) is 6.92 Å². The van der Waals surface area contributed by atoms with E-state index in [1.54, 1.807) is 19.4 Å². The van der Waals surface area contributed by atoms with Crippen molar-refractivity contribution in [1.82, 2.24) is 4.98 Å².